The molecule has 1 aromatic heterocycles. The minimum Gasteiger partial charge on any atom is -0.388 e. The second-order valence-electron chi connectivity index (χ2n) is 10.8. The number of aromatic nitrogens is 1. The van der Waals surface area contributed by atoms with Crippen LogP contribution in [0.25, 0.3) is 11.3 Å². The van der Waals surface area contributed by atoms with Crippen molar-refractivity contribution in [3.8, 4) is 11.3 Å². The summed E-state index contributed by atoms with van der Waals surface area (Å²) in [4.78, 5) is 4.20. The van der Waals surface area contributed by atoms with Gasteiger partial charge in [0.2, 0.25) is 5.95 Å². The highest BCUT2D eigenvalue weighted by molar-refractivity contribution is 5.59. The molecular weight excluding hydrogens is 433 g/mol. The highest BCUT2D eigenvalue weighted by atomic mass is 19.1. The summed E-state index contributed by atoms with van der Waals surface area (Å²) in [5.41, 5.74) is 3.31. The van der Waals surface area contributed by atoms with Crippen LogP contribution in [0.15, 0.2) is 36.4 Å². The lowest BCUT2D eigenvalue weighted by Gasteiger charge is -2.29. The van der Waals surface area contributed by atoms with Gasteiger partial charge in [-0.3, -0.25) is 0 Å². The summed E-state index contributed by atoms with van der Waals surface area (Å²) in [6, 6.07) is 12.2. The number of hydrogen-bond donors (Lipinski definition) is 1. The van der Waals surface area contributed by atoms with Gasteiger partial charge >= 0.3 is 0 Å². The number of unbranched alkanes of at least 4 members (excludes halogenated alkanes) is 8. The predicted octanol–water partition coefficient (Wildman–Crippen LogP) is 9.92. The highest BCUT2D eigenvalue weighted by Crippen LogP contribution is 2.38. The molecule has 0 saturated heterocycles. The lowest BCUT2D eigenvalue weighted by molar-refractivity contribution is 0.157. The summed E-state index contributed by atoms with van der Waals surface area (Å²) in [5, 5.41) is 10.5. The zero-order valence-corrected chi connectivity index (χ0v) is 22.3. The third-order valence-corrected chi connectivity index (χ3v) is 8.06. The number of halogens is 1. The zero-order chi connectivity index (χ0) is 24.9. The van der Waals surface area contributed by atoms with Crippen molar-refractivity contribution in [3.63, 3.8) is 0 Å². The summed E-state index contributed by atoms with van der Waals surface area (Å²) >= 11 is 0. The van der Waals surface area contributed by atoms with Crippen LogP contribution in [0.4, 0.5) is 4.39 Å². The van der Waals surface area contributed by atoms with Crippen LogP contribution in [0.1, 0.15) is 140 Å². The Morgan fingerprint density at radius 3 is 2.09 bits per heavy atom. The van der Waals surface area contributed by atoms with E-state index in [2.05, 4.69) is 43.1 Å². The van der Waals surface area contributed by atoms with E-state index in [0.29, 0.717) is 23.6 Å². The van der Waals surface area contributed by atoms with Crippen LogP contribution in [0.3, 0.4) is 0 Å². The number of pyridine rings is 1. The Balaban J connectivity index is 1.47. The first-order valence-electron chi connectivity index (χ1n) is 14.6. The molecule has 3 rings (SSSR count). The van der Waals surface area contributed by atoms with Crippen molar-refractivity contribution in [1.82, 2.24) is 4.98 Å². The summed E-state index contributed by atoms with van der Waals surface area (Å²) in [6.45, 7) is 4.50. The smallest absolute Gasteiger partial charge is 0.219 e. The van der Waals surface area contributed by atoms with Crippen LogP contribution in [0.5, 0.6) is 0 Å². The molecule has 1 fully saturated rings. The van der Waals surface area contributed by atoms with Crippen molar-refractivity contribution in [2.24, 2.45) is 5.92 Å². The van der Waals surface area contributed by atoms with E-state index in [1.165, 1.54) is 89.0 Å². The first-order valence-corrected chi connectivity index (χ1v) is 14.6. The minimum absolute atomic E-state index is 0.326. The molecule has 1 heterocycles. The molecule has 1 aliphatic carbocycles. The molecule has 1 aliphatic rings. The fraction of sp³-hybridized carbons (Fsp3) is 0.656. The van der Waals surface area contributed by atoms with Crippen molar-refractivity contribution in [3.05, 3.63) is 53.5 Å². The van der Waals surface area contributed by atoms with Crippen LogP contribution in [0.2, 0.25) is 0 Å². The Bertz CT molecular complexity index is 841. The normalized spacial score (nSPS) is 19.1. The van der Waals surface area contributed by atoms with E-state index in [0.717, 1.165) is 24.3 Å². The van der Waals surface area contributed by atoms with Gasteiger partial charge in [0.25, 0.3) is 0 Å². The van der Waals surface area contributed by atoms with Gasteiger partial charge in [-0.05, 0) is 61.6 Å². The third-order valence-electron chi connectivity index (χ3n) is 8.06. The quantitative estimate of drug-likeness (QED) is 0.203. The Kier molecular flexibility index (Phi) is 12.2. The number of nitrogens with zero attached hydrogens (tertiary/aromatic N) is 1. The van der Waals surface area contributed by atoms with Crippen molar-refractivity contribution in [2.75, 3.05) is 0 Å². The van der Waals surface area contributed by atoms with Crippen molar-refractivity contribution >= 4 is 0 Å². The predicted molar refractivity (Wildman–Crippen MR) is 146 cm³/mol. The van der Waals surface area contributed by atoms with E-state index in [9.17, 15) is 9.50 Å². The Morgan fingerprint density at radius 2 is 1.43 bits per heavy atom. The van der Waals surface area contributed by atoms with E-state index in [1.807, 2.05) is 6.07 Å². The zero-order valence-electron chi connectivity index (χ0n) is 22.3. The molecule has 1 N–H and O–H groups in total. The number of rotatable bonds is 15. The molecule has 1 saturated carbocycles. The van der Waals surface area contributed by atoms with E-state index in [1.54, 1.807) is 6.07 Å². The first-order chi connectivity index (χ1) is 17.1. The summed E-state index contributed by atoms with van der Waals surface area (Å²) in [6.07, 6.45) is 18.9. The number of aliphatic hydroxyl groups excluding tert-OH is 1. The molecule has 2 aromatic rings. The Morgan fingerprint density at radius 1 is 0.800 bits per heavy atom. The van der Waals surface area contributed by atoms with E-state index in [4.69, 9.17) is 0 Å². The van der Waals surface area contributed by atoms with Crippen molar-refractivity contribution < 1.29 is 9.50 Å². The van der Waals surface area contributed by atoms with Gasteiger partial charge in [0.15, 0.2) is 0 Å². The third kappa shape index (κ3) is 9.01. The average molecular weight is 482 g/mol. The van der Waals surface area contributed by atoms with Gasteiger partial charge in [0.05, 0.1) is 11.8 Å². The van der Waals surface area contributed by atoms with Gasteiger partial charge < -0.3 is 5.11 Å². The first kappa shape index (κ1) is 27.8. The maximum Gasteiger partial charge on any atom is 0.219 e. The summed E-state index contributed by atoms with van der Waals surface area (Å²) < 4.78 is 14.7. The highest BCUT2D eigenvalue weighted by Gasteiger charge is 2.22. The van der Waals surface area contributed by atoms with Gasteiger partial charge in [0, 0.05) is 11.1 Å². The molecule has 0 bridgehead atoms. The van der Waals surface area contributed by atoms with Gasteiger partial charge in [-0.25, -0.2) is 4.98 Å². The average Bonchev–Trinajstić information content (AvgIpc) is 2.88. The van der Waals surface area contributed by atoms with Gasteiger partial charge in [0.1, 0.15) is 0 Å². The number of hydrogen-bond acceptors (Lipinski definition) is 2. The van der Waals surface area contributed by atoms with Gasteiger partial charge in [-0.15, -0.1) is 0 Å². The number of benzene rings is 1. The maximum atomic E-state index is 14.7. The maximum absolute atomic E-state index is 14.7. The van der Waals surface area contributed by atoms with Gasteiger partial charge in [-0.1, -0.05) is 109 Å². The van der Waals surface area contributed by atoms with Crippen molar-refractivity contribution in [2.45, 2.75) is 129 Å². The number of aliphatic hydroxyl groups is 1. The van der Waals surface area contributed by atoms with E-state index < -0.39 is 12.1 Å². The molecule has 3 heteroatoms. The monoisotopic (exact) mass is 481 g/mol. The topological polar surface area (TPSA) is 33.1 Å². The standard InChI is InChI=1S/C32H48FNO/c1-3-5-7-8-9-10-12-14-31(35)29-23-24-30(34-32(29)33)28-21-19-27(20-22-28)26-17-15-25(16-18-26)13-11-6-4-2/h19-26,31,35H,3-18H2,1-2H3. The van der Waals surface area contributed by atoms with E-state index in [-0.39, 0.29) is 0 Å². The second kappa shape index (κ2) is 15.4. The molecule has 2 nitrogen and oxygen atoms in total. The molecule has 0 spiro atoms. The van der Waals surface area contributed by atoms with Crippen LogP contribution in [0, 0.1) is 11.9 Å². The van der Waals surface area contributed by atoms with E-state index >= 15 is 0 Å². The molecule has 0 radical (unpaired) electrons. The lowest BCUT2D eigenvalue weighted by atomic mass is 9.77. The molecule has 1 aromatic carbocycles. The summed E-state index contributed by atoms with van der Waals surface area (Å²) in [5.74, 6) is 1.03. The van der Waals surface area contributed by atoms with Crippen molar-refractivity contribution in [1.29, 1.82) is 0 Å². The van der Waals surface area contributed by atoms with Crippen LogP contribution >= 0.6 is 0 Å². The molecule has 194 valence electrons. The molecule has 0 amide bonds. The lowest BCUT2D eigenvalue weighted by Crippen LogP contribution is -2.13. The summed E-state index contributed by atoms with van der Waals surface area (Å²) in [7, 11) is 0. The molecule has 1 atom stereocenters. The second-order valence-corrected chi connectivity index (χ2v) is 10.8. The minimum atomic E-state index is -0.772. The Hall–Kier alpha value is -1.74. The van der Waals surface area contributed by atoms with Crippen LogP contribution in [-0.2, 0) is 0 Å². The van der Waals surface area contributed by atoms with Crippen LogP contribution in [-0.4, -0.2) is 10.1 Å². The van der Waals surface area contributed by atoms with Gasteiger partial charge in [-0.2, -0.15) is 4.39 Å². The molecule has 0 aliphatic heterocycles. The largest absolute Gasteiger partial charge is 0.388 e. The Labute approximate surface area is 213 Å². The fourth-order valence-corrected chi connectivity index (χ4v) is 5.70. The molecule has 35 heavy (non-hydrogen) atoms. The fourth-order valence-electron chi connectivity index (χ4n) is 5.70. The van der Waals surface area contributed by atoms with Crippen LogP contribution < -0.4 is 0 Å². The SMILES string of the molecule is CCCCCCCCCC(O)c1ccc(-c2ccc(C3CCC(CCCCC)CC3)cc2)nc1F. The molecule has 1 unspecified atom stereocenters. The molecular formula is C32H48FNO.